The second-order valence-corrected chi connectivity index (χ2v) is 8.28. The average Bonchev–Trinajstić information content (AvgIpc) is 2.47. The van der Waals surface area contributed by atoms with Crippen LogP contribution >= 0.6 is 0 Å². The Kier molecular flexibility index (Phi) is 4.95. The van der Waals surface area contributed by atoms with Gasteiger partial charge in [0.2, 0.25) is 0 Å². The van der Waals surface area contributed by atoms with Gasteiger partial charge in [-0.3, -0.25) is 0 Å². The first kappa shape index (κ1) is 15.8. The summed E-state index contributed by atoms with van der Waals surface area (Å²) in [5.41, 5.74) is 0.820. The van der Waals surface area contributed by atoms with Gasteiger partial charge >= 0.3 is 0 Å². The summed E-state index contributed by atoms with van der Waals surface area (Å²) in [5.74, 6) is 0.841. The highest BCUT2D eigenvalue weighted by molar-refractivity contribution is 5.01. The van der Waals surface area contributed by atoms with Crippen molar-refractivity contribution in [3.05, 3.63) is 0 Å². The summed E-state index contributed by atoms with van der Waals surface area (Å²) >= 11 is 0. The monoisotopic (exact) mass is 293 g/mol. The van der Waals surface area contributed by atoms with E-state index in [1.54, 1.807) is 0 Å². The first-order chi connectivity index (χ1) is 10.2. The molecule has 0 radical (unpaired) electrons. The van der Waals surface area contributed by atoms with E-state index in [0.717, 1.165) is 18.6 Å². The third kappa shape index (κ3) is 3.32. The molecular formula is C19H35NO. The Morgan fingerprint density at radius 3 is 2.48 bits per heavy atom. The molecular weight excluding hydrogens is 258 g/mol. The van der Waals surface area contributed by atoms with Crippen LogP contribution in [0.15, 0.2) is 0 Å². The van der Waals surface area contributed by atoms with Gasteiger partial charge < -0.3 is 10.1 Å². The Bertz CT molecular complexity index is 330. The van der Waals surface area contributed by atoms with Gasteiger partial charge in [-0.25, -0.2) is 0 Å². The second kappa shape index (κ2) is 6.58. The molecule has 0 aromatic carbocycles. The predicted octanol–water partition coefficient (Wildman–Crippen LogP) is 4.67. The number of nitrogens with one attached hydrogen (secondary N) is 1. The molecule has 2 unspecified atom stereocenters. The average molecular weight is 293 g/mol. The van der Waals surface area contributed by atoms with Gasteiger partial charge in [0.25, 0.3) is 0 Å². The Balaban J connectivity index is 1.71. The van der Waals surface area contributed by atoms with Crippen molar-refractivity contribution in [2.75, 3.05) is 13.2 Å². The molecule has 1 heterocycles. The van der Waals surface area contributed by atoms with Crippen LogP contribution in [-0.4, -0.2) is 24.8 Å². The zero-order valence-electron chi connectivity index (χ0n) is 14.3. The molecule has 3 rings (SSSR count). The normalized spacial score (nSPS) is 32.6. The standard InChI is InChI=1S/C19H35NO/c1-3-13-20-17(18(2)9-5-4-6-10-18)16-8-14-21-19(15-16)11-7-12-19/h16-17,20H,3-15H2,1-2H3. The summed E-state index contributed by atoms with van der Waals surface area (Å²) in [4.78, 5) is 0. The summed E-state index contributed by atoms with van der Waals surface area (Å²) in [5, 5.41) is 3.98. The van der Waals surface area contributed by atoms with Crippen LogP contribution < -0.4 is 5.32 Å². The molecule has 2 saturated carbocycles. The molecule has 1 saturated heterocycles. The minimum absolute atomic E-state index is 0.292. The van der Waals surface area contributed by atoms with Gasteiger partial charge in [0, 0.05) is 12.6 Å². The lowest BCUT2D eigenvalue weighted by Gasteiger charge is -2.52. The maximum atomic E-state index is 6.18. The molecule has 0 amide bonds. The zero-order valence-corrected chi connectivity index (χ0v) is 14.3. The lowest BCUT2D eigenvalue weighted by molar-refractivity contribution is -0.152. The van der Waals surface area contributed by atoms with Crippen LogP contribution in [0.4, 0.5) is 0 Å². The van der Waals surface area contributed by atoms with E-state index in [2.05, 4.69) is 19.2 Å². The van der Waals surface area contributed by atoms with Crippen molar-refractivity contribution in [1.82, 2.24) is 5.32 Å². The van der Waals surface area contributed by atoms with Gasteiger partial charge in [-0.2, -0.15) is 0 Å². The first-order valence-electron chi connectivity index (χ1n) is 9.55. The van der Waals surface area contributed by atoms with Crippen molar-refractivity contribution in [1.29, 1.82) is 0 Å². The van der Waals surface area contributed by atoms with Crippen molar-refractivity contribution in [3.63, 3.8) is 0 Å². The van der Waals surface area contributed by atoms with Crippen LogP contribution in [0.1, 0.15) is 84.5 Å². The molecule has 122 valence electrons. The summed E-state index contributed by atoms with van der Waals surface area (Å²) in [7, 11) is 0. The fraction of sp³-hybridized carbons (Fsp3) is 1.00. The molecule has 0 aromatic rings. The number of rotatable bonds is 5. The molecule has 1 aliphatic heterocycles. The summed E-state index contributed by atoms with van der Waals surface area (Å²) in [6.07, 6.45) is 15.1. The molecule has 2 atom stereocenters. The van der Waals surface area contributed by atoms with Gasteiger partial charge in [0.1, 0.15) is 0 Å². The molecule has 2 heteroatoms. The van der Waals surface area contributed by atoms with Gasteiger partial charge in [-0.15, -0.1) is 0 Å². The fourth-order valence-electron chi connectivity index (χ4n) is 5.22. The Morgan fingerprint density at radius 2 is 1.86 bits per heavy atom. The number of hydrogen-bond donors (Lipinski definition) is 1. The van der Waals surface area contributed by atoms with Crippen molar-refractivity contribution in [3.8, 4) is 0 Å². The van der Waals surface area contributed by atoms with E-state index in [9.17, 15) is 0 Å². The van der Waals surface area contributed by atoms with E-state index in [1.165, 1.54) is 77.2 Å². The summed E-state index contributed by atoms with van der Waals surface area (Å²) < 4.78 is 6.18. The summed E-state index contributed by atoms with van der Waals surface area (Å²) in [6.45, 7) is 7.06. The molecule has 0 aromatic heterocycles. The molecule has 0 bridgehead atoms. The Labute approximate surface area is 131 Å². The Morgan fingerprint density at radius 1 is 1.10 bits per heavy atom. The molecule has 1 N–H and O–H groups in total. The Hall–Kier alpha value is -0.0800. The highest BCUT2D eigenvalue weighted by Crippen LogP contribution is 2.49. The number of hydrogen-bond acceptors (Lipinski definition) is 2. The lowest BCUT2D eigenvalue weighted by atomic mass is 9.62. The van der Waals surface area contributed by atoms with E-state index in [0.29, 0.717) is 11.0 Å². The van der Waals surface area contributed by atoms with Crippen molar-refractivity contribution < 1.29 is 4.74 Å². The fourth-order valence-corrected chi connectivity index (χ4v) is 5.22. The highest BCUT2D eigenvalue weighted by atomic mass is 16.5. The third-order valence-electron chi connectivity index (χ3n) is 6.63. The van der Waals surface area contributed by atoms with Gasteiger partial charge in [0.05, 0.1) is 5.60 Å². The van der Waals surface area contributed by atoms with Crippen LogP contribution in [0.25, 0.3) is 0 Å². The number of ether oxygens (including phenoxy) is 1. The smallest absolute Gasteiger partial charge is 0.0685 e. The largest absolute Gasteiger partial charge is 0.375 e. The van der Waals surface area contributed by atoms with E-state index in [1.807, 2.05) is 0 Å². The summed E-state index contributed by atoms with van der Waals surface area (Å²) in [6, 6.07) is 0.721. The predicted molar refractivity (Wildman–Crippen MR) is 88.5 cm³/mol. The van der Waals surface area contributed by atoms with Crippen LogP contribution in [0.2, 0.25) is 0 Å². The third-order valence-corrected chi connectivity index (χ3v) is 6.63. The molecule has 21 heavy (non-hydrogen) atoms. The lowest BCUT2D eigenvalue weighted by Crippen LogP contribution is -2.55. The quantitative estimate of drug-likeness (QED) is 0.795. The van der Waals surface area contributed by atoms with E-state index in [4.69, 9.17) is 4.74 Å². The minimum atomic E-state index is 0.292. The SMILES string of the molecule is CCCNC(C1CCOC2(CCC2)C1)C1(C)CCCCC1. The molecule has 2 nitrogen and oxygen atoms in total. The van der Waals surface area contributed by atoms with Crippen molar-refractivity contribution in [2.45, 2.75) is 96.1 Å². The van der Waals surface area contributed by atoms with Crippen molar-refractivity contribution in [2.24, 2.45) is 11.3 Å². The van der Waals surface area contributed by atoms with E-state index >= 15 is 0 Å². The molecule has 2 aliphatic carbocycles. The first-order valence-corrected chi connectivity index (χ1v) is 9.55. The molecule has 3 fully saturated rings. The topological polar surface area (TPSA) is 21.3 Å². The van der Waals surface area contributed by atoms with Gasteiger partial charge in [0.15, 0.2) is 0 Å². The minimum Gasteiger partial charge on any atom is -0.375 e. The van der Waals surface area contributed by atoms with E-state index in [-0.39, 0.29) is 0 Å². The van der Waals surface area contributed by atoms with Crippen LogP contribution in [-0.2, 0) is 4.74 Å². The van der Waals surface area contributed by atoms with Crippen LogP contribution in [0.5, 0.6) is 0 Å². The van der Waals surface area contributed by atoms with Crippen LogP contribution in [0, 0.1) is 11.3 Å². The van der Waals surface area contributed by atoms with E-state index < -0.39 is 0 Å². The van der Waals surface area contributed by atoms with Crippen molar-refractivity contribution >= 4 is 0 Å². The highest BCUT2D eigenvalue weighted by Gasteiger charge is 2.47. The maximum absolute atomic E-state index is 6.18. The second-order valence-electron chi connectivity index (χ2n) is 8.28. The zero-order chi connectivity index (χ0) is 14.8. The molecule has 1 spiro atoms. The van der Waals surface area contributed by atoms with Gasteiger partial charge in [-0.1, -0.05) is 33.1 Å². The molecule has 3 aliphatic rings. The maximum Gasteiger partial charge on any atom is 0.0685 e. The van der Waals surface area contributed by atoms with Crippen LogP contribution in [0.3, 0.4) is 0 Å². The van der Waals surface area contributed by atoms with Gasteiger partial charge in [-0.05, 0) is 69.2 Å².